The van der Waals surface area contributed by atoms with Gasteiger partial charge in [-0.2, -0.15) is 0 Å². The molecule has 0 radical (unpaired) electrons. The molecule has 1 unspecified atom stereocenters. The monoisotopic (exact) mass is 280 g/mol. The Morgan fingerprint density at radius 3 is 2.63 bits per heavy atom. The van der Waals surface area contributed by atoms with Crippen LogP contribution in [0, 0.1) is 0 Å². The molecule has 1 atom stereocenters. The van der Waals surface area contributed by atoms with Crippen molar-refractivity contribution in [1.82, 2.24) is 0 Å². The van der Waals surface area contributed by atoms with Crippen LogP contribution in [0.5, 0.6) is 0 Å². The molecule has 2 rings (SSSR count). The quantitative estimate of drug-likeness (QED) is 0.818. The van der Waals surface area contributed by atoms with Gasteiger partial charge in [0.2, 0.25) is 0 Å². The first kappa shape index (κ1) is 14.7. The minimum absolute atomic E-state index is 0.207. The summed E-state index contributed by atoms with van der Waals surface area (Å²) in [5.74, 6) is 0. The zero-order chi connectivity index (χ0) is 13.8. The lowest BCUT2D eigenvalue weighted by Crippen LogP contribution is -2.26. The van der Waals surface area contributed by atoms with Crippen LogP contribution in [0.25, 0.3) is 0 Å². The molecule has 3 heteroatoms. The van der Waals surface area contributed by atoms with Gasteiger partial charge in [-0.1, -0.05) is 31.5 Å². The molecule has 1 fully saturated rings. The van der Waals surface area contributed by atoms with E-state index in [1.165, 1.54) is 30.5 Å². The van der Waals surface area contributed by atoms with E-state index in [2.05, 4.69) is 36.9 Å². The van der Waals surface area contributed by atoms with Gasteiger partial charge in [-0.15, -0.1) is 0 Å². The van der Waals surface area contributed by atoms with Crippen molar-refractivity contribution in [3.63, 3.8) is 0 Å². The Morgan fingerprint density at radius 2 is 2.11 bits per heavy atom. The van der Waals surface area contributed by atoms with Gasteiger partial charge < -0.3 is 10.6 Å². The highest BCUT2D eigenvalue weighted by molar-refractivity contribution is 6.31. The van der Waals surface area contributed by atoms with Crippen molar-refractivity contribution in [3.8, 4) is 0 Å². The van der Waals surface area contributed by atoms with E-state index < -0.39 is 0 Å². The third-order valence-corrected chi connectivity index (χ3v) is 4.18. The number of hydrogen-bond donors (Lipinski definition) is 1. The fraction of sp³-hybridized carbons (Fsp3) is 0.625. The van der Waals surface area contributed by atoms with Crippen LogP contribution in [0.3, 0.4) is 0 Å². The molecule has 1 aliphatic carbocycles. The molecule has 0 heterocycles. The molecule has 1 aliphatic rings. The van der Waals surface area contributed by atoms with E-state index in [-0.39, 0.29) is 6.04 Å². The summed E-state index contributed by atoms with van der Waals surface area (Å²) in [5, 5.41) is 0.864. The Morgan fingerprint density at radius 1 is 1.37 bits per heavy atom. The summed E-state index contributed by atoms with van der Waals surface area (Å²) in [7, 11) is 0. The Kier molecular flexibility index (Phi) is 5.12. The van der Waals surface area contributed by atoms with E-state index in [0.29, 0.717) is 0 Å². The molecule has 0 bridgehead atoms. The average Bonchev–Trinajstić information content (AvgIpc) is 3.22. The summed E-state index contributed by atoms with van der Waals surface area (Å²) in [4.78, 5) is 2.50. The van der Waals surface area contributed by atoms with Crippen molar-refractivity contribution in [2.75, 3.05) is 11.4 Å². The third-order valence-electron chi connectivity index (χ3n) is 3.83. The third kappa shape index (κ3) is 3.87. The molecule has 1 aromatic carbocycles. The second-order valence-corrected chi connectivity index (χ2v) is 5.98. The molecular weight excluding hydrogens is 256 g/mol. The molecule has 1 saturated carbocycles. The maximum atomic E-state index is 6.42. The van der Waals surface area contributed by atoms with E-state index >= 15 is 0 Å². The first-order valence-electron chi connectivity index (χ1n) is 7.46. The maximum Gasteiger partial charge on any atom is 0.0459 e. The molecule has 2 nitrogen and oxygen atoms in total. The summed E-state index contributed by atoms with van der Waals surface area (Å²) in [6.07, 6.45) is 5.67. The van der Waals surface area contributed by atoms with E-state index in [1.54, 1.807) is 0 Å². The lowest BCUT2D eigenvalue weighted by molar-refractivity contribution is 0.646. The number of nitrogens with two attached hydrogens (primary N) is 1. The molecular formula is C16H25ClN2. The predicted octanol–water partition coefficient (Wildman–Crippen LogP) is 4.00. The summed E-state index contributed by atoms with van der Waals surface area (Å²) in [6.45, 7) is 5.46. The lowest BCUT2D eigenvalue weighted by Gasteiger charge is -2.25. The zero-order valence-electron chi connectivity index (χ0n) is 12.0. The molecule has 0 amide bonds. The zero-order valence-corrected chi connectivity index (χ0v) is 12.8. The van der Waals surface area contributed by atoms with Crippen LogP contribution in [0.1, 0.15) is 45.1 Å². The van der Waals surface area contributed by atoms with Crippen LogP contribution in [-0.2, 0) is 6.42 Å². The van der Waals surface area contributed by atoms with Crippen LogP contribution in [-0.4, -0.2) is 18.6 Å². The topological polar surface area (TPSA) is 29.3 Å². The predicted molar refractivity (Wildman–Crippen MR) is 84.1 cm³/mol. The normalized spacial score (nSPS) is 16.4. The van der Waals surface area contributed by atoms with Gasteiger partial charge in [0.25, 0.3) is 0 Å². The molecule has 19 heavy (non-hydrogen) atoms. The molecule has 0 spiro atoms. The van der Waals surface area contributed by atoms with Gasteiger partial charge in [0, 0.05) is 29.3 Å². The number of nitrogens with zero attached hydrogens (tertiary/aromatic N) is 1. The fourth-order valence-electron chi connectivity index (χ4n) is 2.46. The van der Waals surface area contributed by atoms with Crippen LogP contribution in [0.4, 0.5) is 5.69 Å². The van der Waals surface area contributed by atoms with Gasteiger partial charge in [0.1, 0.15) is 0 Å². The van der Waals surface area contributed by atoms with Gasteiger partial charge >= 0.3 is 0 Å². The van der Waals surface area contributed by atoms with Crippen LogP contribution >= 0.6 is 11.6 Å². The summed E-state index contributed by atoms with van der Waals surface area (Å²) in [6, 6.07) is 7.42. The average molecular weight is 281 g/mol. The largest absolute Gasteiger partial charge is 0.369 e. The van der Waals surface area contributed by atoms with Crippen molar-refractivity contribution in [2.24, 2.45) is 5.73 Å². The molecule has 106 valence electrons. The van der Waals surface area contributed by atoms with Gasteiger partial charge in [-0.05, 0) is 49.8 Å². The SMILES string of the molecule is CCCN(c1ccc(CC(N)CC)c(Cl)c1)C1CC1. The second-order valence-electron chi connectivity index (χ2n) is 5.57. The smallest absolute Gasteiger partial charge is 0.0459 e. The van der Waals surface area contributed by atoms with Gasteiger partial charge in [-0.3, -0.25) is 0 Å². The number of anilines is 1. The molecule has 0 aromatic heterocycles. The maximum absolute atomic E-state index is 6.42. The minimum Gasteiger partial charge on any atom is -0.369 e. The molecule has 0 saturated heterocycles. The van der Waals surface area contributed by atoms with Gasteiger partial charge in [0.15, 0.2) is 0 Å². The van der Waals surface area contributed by atoms with Crippen molar-refractivity contribution in [1.29, 1.82) is 0 Å². The van der Waals surface area contributed by atoms with Crippen molar-refractivity contribution in [3.05, 3.63) is 28.8 Å². The lowest BCUT2D eigenvalue weighted by atomic mass is 10.0. The number of benzene rings is 1. The summed E-state index contributed by atoms with van der Waals surface area (Å²) in [5.41, 5.74) is 8.45. The van der Waals surface area contributed by atoms with Crippen molar-refractivity contribution < 1.29 is 0 Å². The molecule has 2 N–H and O–H groups in total. The Labute approximate surface area is 121 Å². The Hall–Kier alpha value is -0.730. The summed E-state index contributed by atoms with van der Waals surface area (Å²) >= 11 is 6.42. The van der Waals surface area contributed by atoms with Crippen molar-refractivity contribution in [2.45, 2.75) is 58.0 Å². The molecule has 1 aromatic rings. The van der Waals surface area contributed by atoms with E-state index in [4.69, 9.17) is 17.3 Å². The Bertz CT molecular complexity index is 415. The van der Waals surface area contributed by atoms with Gasteiger partial charge in [0.05, 0.1) is 0 Å². The van der Waals surface area contributed by atoms with Crippen LogP contribution < -0.4 is 10.6 Å². The van der Waals surface area contributed by atoms with E-state index in [9.17, 15) is 0 Å². The second kappa shape index (κ2) is 6.62. The Balaban J connectivity index is 2.12. The highest BCUT2D eigenvalue weighted by Crippen LogP contribution is 2.34. The summed E-state index contributed by atoms with van der Waals surface area (Å²) < 4.78 is 0. The highest BCUT2D eigenvalue weighted by Gasteiger charge is 2.28. The van der Waals surface area contributed by atoms with E-state index in [0.717, 1.165) is 30.5 Å². The highest BCUT2D eigenvalue weighted by atomic mass is 35.5. The van der Waals surface area contributed by atoms with Crippen molar-refractivity contribution >= 4 is 17.3 Å². The number of hydrogen-bond acceptors (Lipinski definition) is 2. The van der Waals surface area contributed by atoms with E-state index in [1.807, 2.05) is 0 Å². The van der Waals surface area contributed by atoms with Crippen LogP contribution in [0.15, 0.2) is 18.2 Å². The fourth-order valence-corrected chi connectivity index (χ4v) is 2.71. The number of rotatable bonds is 7. The minimum atomic E-state index is 0.207. The standard InChI is InChI=1S/C16H25ClN2/c1-3-9-19(14-7-8-14)15-6-5-12(16(17)11-15)10-13(18)4-2/h5-6,11,13-14H,3-4,7-10,18H2,1-2H3. The first-order chi connectivity index (χ1) is 9.15. The van der Waals surface area contributed by atoms with Crippen LogP contribution in [0.2, 0.25) is 5.02 Å². The van der Waals surface area contributed by atoms with Gasteiger partial charge in [-0.25, -0.2) is 0 Å². The number of halogens is 1. The first-order valence-corrected chi connectivity index (χ1v) is 7.84. The molecule has 0 aliphatic heterocycles.